The molecule has 0 saturated heterocycles. The minimum Gasteiger partial charge on any atom is -0.486 e. The molecule has 0 aliphatic carbocycles. The van der Waals surface area contributed by atoms with Gasteiger partial charge in [-0.1, -0.05) is 12.1 Å². The van der Waals surface area contributed by atoms with Crippen LogP contribution in [-0.4, -0.2) is 34.7 Å². The third-order valence-electron chi connectivity index (χ3n) is 4.61. The van der Waals surface area contributed by atoms with Crippen LogP contribution >= 0.6 is 0 Å². The van der Waals surface area contributed by atoms with E-state index in [1.807, 2.05) is 24.3 Å². The molecule has 144 valence electrons. The number of ether oxygens (including phenoxy) is 2. The number of aromatic amines is 1. The number of H-pyrrole nitrogens is 1. The van der Waals surface area contributed by atoms with Gasteiger partial charge in [0.25, 0.3) is 5.91 Å². The molecule has 0 bridgehead atoms. The summed E-state index contributed by atoms with van der Waals surface area (Å²) in [5.74, 6) is 1.03. The van der Waals surface area contributed by atoms with Gasteiger partial charge in [-0.3, -0.25) is 14.4 Å². The number of aryl methyl sites for hydroxylation is 1. The van der Waals surface area contributed by atoms with E-state index in [4.69, 9.17) is 9.47 Å². The summed E-state index contributed by atoms with van der Waals surface area (Å²) in [5, 5.41) is 2.81. The highest BCUT2D eigenvalue weighted by molar-refractivity contribution is 5.97. The summed E-state index contributed by atoms with van der Waals surface area (Å²) in [5.41, 5.74) is 0.0661. The Balaban J connectivity index is 1.50. The Morgan fingerprint density at radius 3 is 2.79 bits per heavy atom. The van der Waals surface area contributed by atoms with Crippen LogP contribution in [-0.2, 0) is 6.54 Å². The molecule has 0 fully saturated rings. The van der Waals surface area contributed by atoms with Gasteiger partial charge in [0.1, 0.15) is 12.7 Å². The van der Waals surface area contributed by atoms with E-state index in [2.05, 4.69) is 10.3 Å². The van der Waals surface area contributed by atoms with Gasteiger partial charge in [-0.25, -0.2) is 0 Å². The van der Waals surface area contributed by atoms with E-state index in [0.717, 1.165) is 0 Å². The first-order valence-electron chi connectivity index (χ1n) is 9.00. The average Bonchev–Trinajstić information content (AvgIpc) is 2.72. The van der Waals surface area contributed by atoms with Crippen molar-refractivity contribution in [3.05, 3.63) is 68.7 Å². The minimum absolute atomic E-state index is 0.274. The summed E-state index contributed by atoms with van der Waals surface area (Å²) in [6, 6.07) is 12.2. The predicted octanol–water partition coefficient (Wildman–Crippen LogP) is 1.28. The first kappa shape index (κ1) is 17.8. The van der Waals surface area contributed by atoms with E-state index in [0.29, 0.717) is 41.2 Å². The maximum absolute atomic E-state index is 12.5. The van der Waals surface area contributed by atoms with Crippen molar-refractivity contribution >= 4 is 16.9 Å². The maximum Gasteiger partial charge on any atom is 0.316 e. The van der Waals surface area contributed by atoms with Crippen molar-refractivity contribution in [3.63, 3.8) is 0 Å². The van der Waals surface area contributed by atoms with Crippen molar-refractivity contribution in [2.24, 2.45) is 0 Å². The van der Waals surface area contributed by atoms with Crippen LogP contribution in [0.5, 0.6) is 11.5 Å². The molecule has 2 heterocycles. The second-order valence-corrected chi connectivity index (χ2v) is 6.44. The summed E-state index contributed by atoms with van der Waals surface area (Å²) in [6.07, 6.45) is -0.301. The molecular weight excluding hydrogens is 362 g/mol. The smallest absolute Gasteiger partial charge is 0.316 e. The second kappa shape index (κ2) is 7.22. The molecular formula is C20H19N3O5. The van der Waals surface area contributed by atoms with Crippen LogP contribution in [0.2, 0.25) is 0 Å². The number of fused-ring (bicyclic) bond motifs is 2. The van der Waals surface area contributed by atoms with Gasteiger partial charge in [-0.2, -0.15) is 0 Å². The Bertz CT molecular complexity index is 1160. The molecule has 28 heavy (non-hydrogen) atoms. The van der Waals surface area contributed by atoms with Crippen molar-refractivity contribution in [2.75, 3.05) is 13.2 Å². The third kappa shape index (κ3) is 3.24. The lowest BCUT2D eigenvalue weighted by atomic mass is 10.1. The number of amides is 1. The molecule has 0 unspecified atom stereocenters. The number of carbonyl (C=O) groups excluding carboxylic acids is 1. The third-order valence-corrected chi connectivity index (χ3v) is 4.61. The number of aromatic nitrogens is 2. The Morgan fingerprint density at radius 1 is 1.21 bits per heavy atom. The molecule has 8 nitrogen and oxygen atoms in total. The van der Waals surface area contributed by atoms with Crippen molar-refractivity contribution in [3.8, 4) is 11.5 Å². The van der Waals surface area contributed by atoms with Crippen LogP contribution < -0.4 is 25.9 Å². The van der Waals surface area contributed by atoms with Crippen LogP contribution in [0.25, 0.3) is 11.0 Å². The first-order chi connectivity index (χ1) is 13.6. The van der Waals surface area contributed by atoms with Crippen LogP contribution in [0.15, 0.2) is 52.1 Å². The monoisotopic (exact) mass is 381 g/mol. The largest absolute Gasteiger partial charge is 0.486 e. The van der Waals surface area contributed by atoms with Crippen LogP contribution in [0.4, 0.5) is 0 Å². The zero-order valence-corrected chi connectivity index (χ0v) is 15.2. The van der Waals surface area contributed by atoms with Gasteiger partial charge in [0.2, 0.25) is 0 Å². The normalized spacial score (nSPS) is 15.4. The first-order valence-corrected chi connectivity index (χ1v) is 9.00. The average molecular weight is 381 g/mol. The summed E-state index contributed by atoms with van der Waals surface area (Å²) in [7, 11) is 0. The molecule has 1 aliphatic rings. The Hall–Kier alpha value is -3.55. The van der Waals surface area contributed by atoms with Crippen LogP contribution in [0.3, 0.4) is 0 Å². The molecule has 0 spiro atoms. The van der Waals surface area contributed by atoms with Crippen molar-refractivity contribution < 1.29 is 14.3 Å². The lowest BCUT2D eigenvalue weighted by molar-refractivity contribution is 0.0789. The summed E-state index contributed by atoms with van der Waals surface area (Å²) >= 11 is 0. The SMILES string of the molecule is CCn1c(=O)c(=O)[nH]c2cc(C(=O)NC[C@@H]3COc4ccccc4O3)ccc21. The number of carbonyl (C=O) groups is 1. The molecule has 1 aromatic heterocycles. The molecule has 1 atom stereocenters. The van der Waals surface area contributed by atoms with Gasteiger partial charge in [0, 0.05) is 12.1 Å². The Morgan fingerprint density at radius 2 is 2.00 bits per heavy atom. The highest BCUT2D eigenvalue weighted by Gasteiger charge is 2.21. The highest BCUT2D eigenvalue weighted by atomic mass is 16.6. The van der Waals surface area contributed by atoms with Crippen LogP contribution in [0, 0.1) is 0 Å². The summed E-state index contributed by atoms with van der Waals surface area (Å²) < 4.78 is 12.8. The number of nitrogens with zero attached hydrogens (tertiary/aromatic N) is 1. The molecule has 1 aliphatic heterocycles. The van der Waals surface area contributed by atoms with E-state index >= 15 is 0 Å². The van der Waals surface area contributed by atoms with E-state index in [-0.39, 0.29) is 18.6 Å². The van der Waals surface area contributed by atoms with Gasteiger partial charge in [-0.05, 0) is 37.3 Å². The highest BCUT2D eigenvalue weighted by Crippen LogP contribution is 2.30. The van der Waals surface area contributed by atoms with Crippen molar-refractivity contribution in [1.29, 1.82) is 0 Å². The van der Waals surface area contributed by atoms with E-state index in [9.17, 15) is 14.4 Å². The zero-order valence-electron chi connectivity index (χ0n) is 15.2. The lowest BCUT2D eigenvalue weighted by Crippen LogP contribution is -2.40. The summed E-state index contributed by atoms with van der Waals surface area (Å²) in [4.78, 5) is 38.8. The fourth-order valence-corrected chi connectivity index (χ4v) is 3.21. The zero-order chi connectivity index (χ0) is 19.7. The number of rotatable bonds is 4. The van der Waals surface area contributed by atoms with Crippen molar-refractivity contribution in [1.82, 2.24) is 14.9 Å². The molecule has 2 aromatic carbocycles. The van der Waals surface area contributed by atoms with Crippen molar-refractivity contribution in [2.45, 2.75) is 19.6 Å². The standard InChI is InChI=1S/C20H19N3O5/c1-2-23-15-8-7-12(9-14(15)22-19(25)20(23)26)18(24)21-10-13-11-27-16-5-3-4-6-17(16)28-13/h3-9,13H,2,10-11H2,1H3,(H,21,24)(H,22,25)/t13-/m1/s1. The van der Waals surface area contributed by atoms with Gasteiger partial charge >= 0.3 is 11.1 Å². The van der Waals surface area contributed by atoms with E-state index in [1.54, 1.807) is 25.1 Å². The molecule has 8 heteroatoms. The number of benzene rings is 2. The fourth-order valence-electron chi connectivity index (χ4n) is 3.21. The van der Waals surface area contributed by atoms with Gasteiger partial charge in [-0.15, -0.1) is 0 Å². The fraction of sp³-hybridized carbons (Fsp3) is 0.250. The molecule has 2 N–H and O–H groups in total. The van der Waals surface area contributed by atoms with E-state index in [1.165, 1.54) is 4.57 Å². The Labute approximate surface area is 159 Å². The van der Waals surface area contributed by atoms with Gasteiger partial charge in [0.15, 0.2) is 11.5 Å². The van der Waals surface area contributed by atoms with Crippen LogP contribution in [0.1, 0.15) is 17.3 Å². The topological polar surface area (TPSA) is 102 Å². The second-order valence-electron chi connectivity index (χ2n) is 6.44. The molecule has 0 saturated carbocycles. The Kier molecular flexibility index (Phi) is 4.60. The molecule has 4 rings (SSSR count). The number of nitrogens with one attached hydrogen (secondary N) is 2. The summed E-state index contributed by atoms with van der Waals surface area (Å²) in [6.45, 7) is 2.76. The maximum atomic E-state index is 12.5. The number of hydrogen-bond donors (Lipinski definition) is 2. The van der Waals surface area contributed by atoms with E-state index < -0.39 is 11.1 Å². The number of para-hydroxylation sites is 2. The quantitative estimate of drug-likeness (QED) is 0.663. The lowest BCUT2D eigenvalue weighted by Gasteiger charge is -2.26. The minimum atomic E-state index is -0.710. The molecule has 0 radical (unpaired) electrons. The van der Waals surface area contributed by atoms with Gasteiger partial charge < -0.3 is 24.3 Å². The van der Waals surface area contributed by atoms with Gasteiger partial charge in [0.05, 0.1) is 17.6 Å². The predicted molar refractivity (Wildman–Crippen MR) is 103 cm³/mol. The number of hydrogen-bond acceptors (Lipinski definition) is 5. The molecule has 3 aromatic rings. The molecule has 1 amide bonds.